The lowest BCUT2D eigenvalue weighted by atomic mass is 9.99. The van der Waals surface area contributed by atoms with E-state index >= 15 is 0 Å². The van der Waals surface area contributed by atoms with Gasteiger partial charge in [0.1, 0.15) is 5.60 Å². The van der Waals surface area contributed by atoms with Gasteiger partial charge in [-0.05, 0) is 51.8 Å². The van der Waals surface area contributed by atoms with Crippen LogP contribution in [-0.4, -0.2) is 61.4 Å². The Morgan fingerprint density at radius 1 is 1.32 bits per heavy atom. The Kier molecular flexibility index (Phi) is 8.10. The van der Waals surface area contributed by atoms with Gasteiger partial charge in [-0.15, -0.1) is 0 Å². The maximum Gasteiger partial charge on any atom is 0.407 e. The monoisotopic (exact) mass is 411 g/mol. The van der Waals surface area contributed by atoms with Gasteiger partial charge in [-0.2, -0.15) is 0 Å². The minimum atomic E-state index is -0.553. The number of carbonyl (C=O) groups is 2. The molecule has 28 heavy (non-hydrogen) atoms. The van der Waals surface area contributed by atoms with Crippen molar-refractivity contribution in [1.82, 2.24) is 10.2 Å². The number of methoxy groups -OCH3 is 1. The number of piperidine rings is 1. The SMILES string of the molecule is COC1CCN(CC(=O)Nc2cccc(Cl)c2)C(CNC(=O)OC(C)(C)C)C1. The van der Waals surface area contributed by atoms with Gasteiger partial charge in [-0.25, -0.2) is 4.79 Å². The van der Waals surface area contributed by atoms with Gasteiger partial charge < -0.3 is 20.1 Å². The van der Waals surface area contributed by atoms with E-state index in [1.54, 1.807) is 31.4 Å². The van der Waals surface area contributed by atoms with Gasteiger partial charge in [-0.3, -0.25) is 9.69 Å². The summed E-state index contributed by atoms with van der Waals surface area (Å²) in [5, 5.41) is 6.24. The van der Waals surface area contributed by atoms with Gasteiger partial charge in [0.05, 0.1) is 12.6 Å². The number of carbonyl (C=O) groups excluding carboxylic acids is 2. The van der Waals surface area contributed by atoms with E-state index in [9.17, 15) is 9.59 Å². The zero-order chi connectivity index (χ0) is 20.7. The largest absolute Gasteiger partial charge is 0.444 e. The van der Waals surface area contributed by atoms with Crippen molar-refractivity contribution >= 4 is 29.3 Å². The third-order valence-electron chi connectivity index (χ3n) is 4.46. The predicted octanol–water partition coefficient (Wildman–Crippen LogP) is 3.28. The molecule has 156 valence electrons. The average molecular weight is 412 g/mol. The van der Waals surface area contributed by atoms with Gasteiger partial charge in [0.2, 0.25) is 5.91 Å². The summed E-state index contributed by atoms with van der Waals surface area (Å²) in [7, 11) is 1.69. The summed E-state index contributed by atoms with van der Waals surface area (Å²) in [5.41, 5.74) is 0.107. The molecule has 0 bridgehead atoms. The zero-order valence-electron chi connectivity index (χ0n) is 17.0. The van der Waals surface area contributed by atoms with Crippen LogP contribution in [-0.2, 0) is 14.3 Å². The Bertz CT molecular complexity index is 678. The topological polar surface area (TPSA) is 79.9 Å². The molecule has 0 radical (unpaired) electrons. The fourth-order valence-electron chi connectivity index (χ4n) is 3.16. The van der Waals surface area contributed by atoms with E-state index < -0.39 is 11.7 Å². The number of hydrogen-bond acceptors (Lipinski definition) is 5. The summed E-state index contributed by atoms with van der Waals surface area (Å²) >= 11 is 5.96. The van der Waals surface area contributed by atoms with Crippen LogP contribution in [0.2, 0.25) is 5.02 Å². The standard InChI is InChI=1S/C20H30ClN3O4/c1-20(2,3)28-19(26)22-12-16-11-17(27-4)8-9-24(16)13-18(25)23-15-7-5-6-14(21)10-15/h5-7,10,16-17H,8-9,11-13H2,1-4H3,(H,22,26)(H,23,25). The van der Waals surface area contributed by atoms with Gasteiger partial charge >= 0.3 is 6.09 Å². The molecule has 0 spiro atoms. The van der Waals surface area contributed by atoms with Gasteiger partial charge in [0, 0.05) is 37.0 Å². The molecule has 8 heteroatoms. The van der Waals surface area contributed by atoms with Crippen LogP contribution in [0.25, 0.3) is 0 Å². The van der Waals surface area contributed by atoms with E-state index in [2.05, 4.69) is 15.5 Å². The lowest BCUT2D eigenvalue weighted by Crippen LogP contribution is -2.52. The van der Waals surface area contributed by atoms with E-state index in [1.165, 1.54) is 0 Å². The van der Waals surface area contributed by atoms with E-state index in [4.69, 9.17) is 21.1 Å². The number of hydrogen-bond donors (Lipinski definition) is 2. The summed E-state index contributed by atoms with van der Waals surface area (Å²) in [5.74, 6) is -0.125. The Morgan fingerprint density at radius 3 is 2.71 bits per heavy atom. The lowest BCUT2D eigenvalue weighted by Gasteiger charge is -2.38. The molecular weight excluding hydrogens is 382 g/mol. The predicted molar refractivity (Wildman–Crippen MR) is 110 cm³/mol. The third kappa shape index (κ3) is 7.66. The molecule has 1 saturated heterocycles. The van der Waals surface area contributed by atoms with Crippen molar-refractivity contribution in [3.63, 3.8) is 0 Å². The van der Waals surface area contributed by atoms with Gasteiger partial charge in [0.15, 0.2) is 0 Å². The van der Waals surface area contributed by atoms with E-state index in [0.717, 1.165) is 12.8 Å². The molecule has 1 fully saturated rings. The van der Waals surface area contributed by atoms with E-state index in [1.807, 2.05) is 20.8 Å². The molecule has 0 aliphatic carbocycles. The van der Waals surface area contributed by atoms with Crippen LogP contribution in [0.4, 0.5) is 10.5 Å². The van der Waals surface area contributed by atoms with Crippen LogP contribution in [0.15, 0.2) is 24.3 Å². The van der Waals surface area contributed by atoms with Crippen molar-refractivity contribution in [2.75, 3.05) is 32.1 Å². The molecule has 1 heterocycles. The number of ether oxygens (including phenoxy) is 2. The van der Waals surface area contributed by atoms with Crippen LogP contribution in [0.1, 0.15) is 33.6 Å². The average Bonchev–Trinajstić information content (AvgIpc) is 2.59. The minimum absolute atomic E-state index is 0.0173. The van der Waals surface area contributed by atoms with Crippen LogP contribution >= 0.6 is 11.6 Å². The summed E-state index contributed by atoms with van der Waals surface area (Å²) in [4.78, 5) is 26.5. The van der Waals surface area contributed by atoms with Crippen molar-refractivity contribution in [2.45, 2.75) is 51.4 Å². The normalized spacial score (nSPS) is 20.5. The Labute approximate surface area is 171 Å². The summed E-state index contributed by atoms with van der Waals surface area (Å²) in [6.07, 6.45) is 1.22. The first kappa shape index (κ1) is 22.5. The molecule has 0 aromatic heterocycles. The molecule has 0 saturated carbocycles. The summed E-state index contributed by atoms with van der Waals surface area (Å²) < 4.78 is 10.8. The molecule has 1 aliphatic rings. The number of anilines is 1. The van der Waals surface area contributed by atoms with Crippen molar-refractivity contribution < 1.29 is 19.1 Å². The highest BCUT2D eigenvalue weighted by atomic mass is 35.5. The second-order valence-electron chi connectivity index (χ2n) is 7.95. The molecule has 1 aromatic rings. The fourth-order valence-corrected chi connectivity index (χ4v) is 3.35. The first-order valence-corrected chi connectivity index (χ1v) is 9.83. The zero-order valence-corrected chi connectivity index (χ0v) is 17.7. The summed E-state index contributed by atoms with van der Waals surface area (Å²) in [6.45, 7) is 6.78. The first-order valence-electron chi connectivity index (χ1n) is 9.45. The number of likely N-dealkylation sites (tertiary alicyclic amines) is 1. The number of nitrogens with one attached hydrogen (secondary N) is 2. The maximum atomic E-state index is 12.5. The van der Waals surface area contributed by atoms with Crippen molar-refractivity contribution in [3.8, 4) is 0 Å². The van der Waals surface area contributed by atoms with Crippen LogP contribution in [0, 0.1) is 0 Å². The first-order chi connectivity index (χ1) is 13.2. The van der Waals surface area contributed by atoms with Crippen molar-refractivity contribution in [1.29, 1.82) is 0 Å². The molecule has 7 nitrogen and oxygen atoms in total. The fraction of sp³-hybridized carbons (Fsp3) is 0.600. The molecule has 1 aromatic carbocycles. The number of benzene rings is 1. The Hall–Kier alpha value is -1.83. The molecule has 2 amide bonds. The number of amides is 2. The number of nitrogens with zero attached hydrogens (tertiary/aromatic N) is 1. The number of alkyl carbamates (subject to hydrolysis) is 1. The smallest absolute Gasteiger partial charge is 0.407 e. The van der Waals surface area contributed by atoms with Crippen LogP contribution in [0.3, 0.4) is 0 Å². The van der Waals surface area contributed by atoms with E-state index in [0.29, 0.717) is 23.8 Å². The molecule has 2 atom stereocenters. The second-order valence-corrected chi connectivity index (χ2v) is 8.38. The van der Waals surface area contributed by atoms with Gasteiger partial charge in [0.25, 0.3) is 0 Å². The number of halogens is 1. The molecule has 1 aliphatic heterocycles. The number of rotatable bonds is 6. The molecule has 2 rings (SSSR count). The Morgan fingerprint density at radius 2 is 2.07 bits per heavy atom. The molecule has 2 N–H and O–H groups in total. The Balaban J connectivity index is 1.93. The van der Waals surface area contributed by atoms with Gasteiger partial charge in [-0.1, -0.05) is 17.7 Å². The highest BCUT2D eigenvalue weighted by molar-refractivity contribution is 6.30. The highest BCUT2D eigenvalue weighted by Crippen LogP contribution is 2.20. The van der Waals surface area contributed by atoms with Crippen molar-refractivity contribution in [2.24, 2.45) is 0 Å². The highest BCUT2D eigenvalue weighted by Gasteiger charge is 2.30. The third-order valence-corrected chi connectivity index (χ3v) is 4.69. The maximum absolute atomic E-state index is 12.5. The molecule has 2 unspecified atom stereocenters. The molecular formula is C20H30ClN3O4. The van der Waals surface area contributed by atoms with Crippen molar-refractivity contribution in [3.05, 3.63) is 29.3 Å². The second kappa shape index (κ2) is 10.1. The summed E-state index contributed by atoms with van der Waals surface area (Å²) in [6, 6.07) is 7.03. The van der Waals surface area contributed by atoms with Crippen LogP contribution < -0.4 is 10.6 Å². The van der Waals surface area contributed by atoms with Crippen LogP contribution in [0.5, 0.6) is 0 Å². The van der Waals surface area contributed by atoms with E-state index in [-0.39, 0.29) is 24.6 Å². The lowest BCUT2D eigenvalue weighted by molar-refractivity contribution is -0.118. The minimum Gasteiger partial charge on any atom is -0.444 e. The quantitative estimate of drug-likeness (QED) is 0.750.